The normalized spacial score (nSPS) is 15.6. The van der Waals surface area contributed by atoms with E-state index in [9.17, 15) is 18.0 Å². The first kappa shape index (κ1) is 21.1. The SMILES string of the molecule is CC/C=C/C(=O)OCC(=O)Nc1cc(S(=O)(=O)N2CCOCC2)ccc1C. The number of carbonyl (C=O) groups is 2. The number of hydrogen-bond donors (Lipinski definition) is 1. The molecule has 9 heteroatoms. The Morgan fingerprint density at radius 3 is 2.67 bits per heavy atom. The number of nitrogens with one attached hydrogen (secondary N) is 1. The maximum atomic E-state index is 12.7. The molecule has 1 aliphatic rings. The van der Waals surface area contributed by atoms with Crippen LogP contribution < -0.4 is 5.32 Å². The predicted molar refractivity (Wildman–Crippen MR) is 99.8 cm³/mol. The van der Waals surface area contributed by atoms with Crippen LogP contribution in [-0.2, 0) is 29.1 Å². The van der Waals surface area contributed by atoms with Crippen molar-refractivity contribution < 1.29 is 27.5 Å². The number of allylic oxidation sites excluding steroid dienone is 1. The number of rotatable bonds is 7. The zero-order valence-corrected chi connectivity index (χ0v) is 16.3. The molecular formula is C18H24N2O6S. The molecule has 1 N–H and O–H groups in total. The Bertz CT molecular complexity index is 813. The number of benzene rings is 1. The van der Waals surface area contributed by atoms with Crippen LogP contribution in [0.2, 0.25) is 0 Å². The molecule has 1 aliphatic heterocycles. The van der Waals surface area contributed by atoms with E-state index in [0.717, 1.165) is 0 Å². The van der Waals surface area contributed by atoms with Gasteiger partial charge in [0.1, 0.15) is 0 Å². The lowest BCUT2D eigenvalue weighted by Gasteiger charge is -2.26. The summed E-state index contributed by atoms with van der Waals surface area (Å²) in [7, 11) is -3.67. The van der Waals surface area contributed by atoms with E-state index in [1.807, 2.05) is 6.92 Å². The summed E-state index contributed by atoms with van der Waals surface area (Å²) in [6.07, 6.45) is 3.57. The Balaban J connectivity index is 2.07. The number of aryl methyl sites for hydroxylation is 1. The monoisotopic (exact) mass is 396 g/mol. The first-order valence-electron chi connectivity index (χ1n) is 8.66. The first-order chi connectivity index (χ1) is 12.8. The molecule has 2 rings (SSSR count). The maximum Gasteiger partial charge on any atom is 0.330 e. The highest BCUT2D eigenvalue weighted by atomic mass is 32.2. The Hall–Kier alpha value is -2.23. The summed E-state index contributed by atoms with van der Waals surface area (Å²) in [5, 5.41) is 2.59. The summed E-state index contributed by atoms with van der Waals surface area (Å²) in [5.41, 5.74) is 1.05. The first-order valence-corrected chi connectivity index (χ1v) is 10.1. The molecule has 27 heavy (non-hydrogen) atoms. The summed E-state index contributed by atoms with van der Waals surface area (Å²) >= 11 is 0. The number of sulfonamides is 1. The Morgan fingerprint density at radius 2 is 2.00 bits per heavy atom. The molecule has 1 heterocycles. The lowest BCUT2D eigenvalue weighted by molar-refractivity contribution is -0.142. The molecule has 0 aliphatic carbocycles. The van der Waals surface area contributed by atoms with Crippen LogP contribution in [0.15, 0.2) is 35.2 Å². The molecule has 1 fully saturated rings. The summed E-state index contributed by atoms with van der Waals surface area (Å²) in [4.78, 5) is 23.5. The molecule has 1 aromatic carbocycles. The minimum atomic E-state index is -3.67. The van der Waals surface area contributed by atoms with Crippen molar-refractivity contribution in [2.45, 2.75) is 25.2 Å². The van der Waals surface area contributed by atoms with Gasteiger partial charge in [-0.1, -0.05) is 19.1 Å². The molecular weight excluding hydrogens is 372 g/mol. The van der Waals surface area contributed by atoms with E-state index in [1.165, 1.54) is 22.5 Å². The summed E-state index contributed by atoms with van der Waals surface area (Å²) in [6, 6.07) is 4.54. The van der Waals surface area contributed by atoms with Crippen LogP contribution in [0.5, 0.6) is 0 Å². The predicted octanol–water partition coefficient (Wildman–Crippen LogP) is 1.46. The number of nitrogens with zero attached hydrogens (tertiary/aromatic N) is 1. The molecule has 0 saturated carbocycles. The van der Waals surface area contributed by atoms with Crippen molar-refractivity contribution in [1.29, 1.82) is 0 Å². The Morgan fingerprint density at radius 1 is 1.30 bits per heavy atom. The van der Waals surface area contributed by atoms with Gasteiger partial charge < -0.3 is 14.8 Å². The van der Waals surface area contributed by atoms with Crippen molar-refractivity contribution in [3.8, 4) is 0 Å². The number of carbonyl (C=O) groups excluding carboxylic acids is 2. The van der Waals surface area contributed by atoms with Crippen LogP contribution in [0.25, 0.3) is 0 Å². The van der Waals surface area contributed by atoms with Crippen LogP contribution in [-0.4, -0.2) is 57.5 Å². The summed E-state index contributed by atoms with van der Waals surface area (Å²) in [6.45, 7) is 4.46. The van der Waals surface area contributed by atoms with E-state index in [0.29, 0.717) is 44.0 Å². The molecule has 0 atom stereocenters. The highest BCUT2D eigenvalue weighted by Crippen LogP contribution is 2.23. The van der Waals surface area contributed by atoms with Crippen molar-refractivity contribution in [2.75, 3.05) is 38.2 Å². The highest BCUT2D eigenvalue weighted by Gasteiger charge is 2.26. The van der Waals surface area contributed by atoms with Gasteiger partial charge >= 0.3 is 5.97 Å². The third kappa shape index (κ3) is 5.88. The third-order valence-corrected chi connectivity index (χ3v) is 5.82. The van der Waals surface area contributed by atoms with Crippen LogP contribution in [0.1, 0.15) is 18.9 Å². The van der Waals surface area contributed by atoms with E-state index < -0.39 is 28.5 Å². The van der Waals surface area contributed by atoms with Crippen molar-refractivity contribution in [3.63, 3.8) is 0 Å². The van der Waals surface area contributed by atoms with Crippen LogP contribution in [0.3, 0.4) is 0 Å². The average Bonchev–Trinajstić information content (AvgIpc) is 2.67. The van der Waals surface area contributed by atoms with Crippen molar-refractivity contribution in [3.05, 3.63) is 35.9 Å². The number of amides is 1. The van der Waals surface area contributed by atoms with Crippen molar-refractivity contribution in [1.82, 2.24) is 4.31 Å². The lowest BCUT2D eigenvalue weighted by atomic mass is 10.2. The average molecular weight is 396 g/mol. The smallest absolute Gasteiger partial charge is 0.330 e. The summed E-state index contributed by atoms with van der Waals surface area (Å²) < 4.78 is 36.8. The van der Waals surface area contributed by atoms with Gasteiger partial charge in [-0.3, -0.25) is 4.79 Å². The molecule has 0 aromatic heterocycles. The summed E-state index contributed by atoms with van der Waals surface area (Å²) in [5.74, 6) is -1.15. The minimum absolute atomic E-state index is 0.0909. The quantitative estimate of drug-likeness (QED) is 0.553. The second kappa shape index (κ2) is 9.63. The molecule has 8 nitrogen and oxygen atoms in total. The zero-order chi connectivity index (χ0) is 19.9. The molecule has 1 amide bonds. The fraction of sp³-hybridized carbons (Fsp3) is 0.444. The number of anilines is 1. The lowest BCUT2D eigenvalue weighted by Crippen LogP contribution is -2.40. The molecule has 1 saturated heterocycles. The Kier molecular flexibility index (Phi) is 7.52. The van der Waals surface area contributed by atoms with Crippen LogP contribution in [0, 0.1) is 6.92 Å². The van der Waals surface area contributed by atoms with Gasteiger partial charge in [-0.25, -0.2) is 13.2 Å². The minimum Gasteiger partial charge on any atom is -0.452 e. The zero-order valence-electron chi connectivity index (χ0n) is 15.4. The topological polar surface area (TPSA) is 102 Å². The van der Waals surface area contributed by atoms with Gasteiger partial charge in [0.25, 0.3) is 5.91 Å². The largest absolute Gasteiger partial charge is 0.452 e. The fourth-order valence-corrected chi connectivity index (χ4v) is 3.85. The van der Waals surface area contributed by atoms with Gasteiger partial charge in [0, 0.05) is 24.9 Å². The highest BCUT2D eigenvalue weighted by molar-refractivity contribution is 7.89. The van der Waals surface area contributed by atoms with E-state index >= 15 is 0 Å². The number of morpholine rings is 1. The van der Waals surface area contributed by atoms with E-state index in [-0.39, 0.29) is 4.90 Å². The van der Waals surface area contributed by atoms with Crippen molar-refractivity contribution >= 4 is 27.6 Å². The molecule has 0 unspecified atom stereocenters. The van der Waals surface area contributed by atoms with Gasteiger partial charge in [-0.05, 0) is 31.0 Å². The standard InChI is InChI=1S/C18H24N2O6S/c1-3-4-5-18(22)26-13-17(21)19-16-12-15(7-6-14(16)2)27(23,24)20-8-10-25-11-9-20/h4-7,12H,3,8-11,13H2,1-2H3,(H,19,21)/b5-4+. The maximum absolute atomic E-state index is 12.7. The Labute approximate surface area is 159 Å². The van der Waals surface area contributed by atoms with Gasteiger partial charge in [0.2, 0.25) is 10.0 Å². The molecule has 1 aromatic rings. The fourth-order valence-electron chi connectivity index (χ4n) is 2.42. The number of esters is 1. The van der Waals surface area contributed by atoms with Gasteiger partial charge in [0.05, 0.1) is 18.1 Å². The van der Waals surface area contributed by atoms with E-state index in [2.05, 4.69) is 5.32 Å². The second-order valence-electron chi connectivity index (χ2n) is 5.96. The van der Waals surface area contributed by atoms with Gasteiger partial charge in [-0.15, -0.1) is 0 Å². The third-order valence-electron chi connectivity index (χ3n) is 3.93. The van der Waals surface area contributed by atoms with E-state index in [4.69, 9.17) is 9.47 Å². The van der Waals surface area contributed by atoms with Crippen LogP contribution >= 0.6 is 0 Å². The van der Waals surface area contributed by atoms with Crippen molar-refractivity contribution in [2.24, 2.45) is 0 Å². The van der Waals surface area contributed by atoms with E-state index in [1.54, 1.807) is 19.1 Å². The number of hydrogen-bond acceptors (Lipinski definition) is 6. The second-order valence-corrected chi connectivity index (χ2v) is 7.90. The molecule has 0 spiro atoms. The molecule has 148 valence electrons. The number of ether oxygens (including phenoxy) is 2. The van der Waals surface area contributed by atoms with Crippen LogP contribution in [0.4, 0.5) is 5.69 Å². The van der Waals surface area contributed by atoms with Gasteiger partial charge in [-0.2, -0.15) is 4.31 Å². The molecule has 0 bridgehead atoms. The van der Waals surface area contributed by atoms with Gasteiger partial charge in [0.15, 0.2) is 6.61 Å². The molecule has 0 radical (unpaired) electrons.